The quantitative estimate of drug-likeness (QED) is 0.847. The lowest BCUT2D eigenvalue weighted by atomic mass is 10.2. The summed E-state index contributed by atoms with van der Waals surface area (Å²) in [6.07, 6.45) is 5.06. The molecule has 3 rings (SSSR count). The lowest BCUT2D eigenvalue weighted by Crippen LogP contribution is -2.25. The van der Waals surface area contributed by atoms with Crippen molar-refractivity contribution >= 4 is 21.6 Å². The average molecular weight is 278 g/mol. The summed E-state index contributed by atoms with van der Waals surface area (Å²) in [5.74, 6) is 0.556. The molecule has 0 aromatic carbocycles. The fourth-order valence-electron chi connectivity index (χ4n) is 2.58. The number of hydrogen-bond donors (Lipinski definition) is 0. The van der Waals surface area contributed by atoms with Crippen molar-refractivity contribution in [3.63, 3.8) is 0 Å². The highest BCUT2D eigenvalue weighted by atomic mass is 32.1. The summed E-state index contributed by atoms with van der Waals surface area (Å²) in [4.78, 5) is 18.8. The number of nitrogens with zero attached hydrogens (tertiary/aromatic N) is 2. The van der Waals surface area contributed by atoms with Crippen molar-refractivity contribution in [2.75, 3.05) is 13.1 Å². The van der Waals surface area contributed by atoms with Gasteiger partial charge in [0, 0.05) is 0 Å². The van der Waals surface area contributed by atoms with Crippen LogP contribution >= 0.6 is 11.3 Å². The summed E-state index contributed by atoms with van der Waals surface area (Å²) in [6.45, 7) is 4.79. The van der Waals surface area contributed by atoms with Crippen LogP contribution in [0.2, 0.25) is 0 Å². The molecule has 0 N–H and O–H groups in total. The van der Waals surface area contributed by atoms with E-state index in [1.807, 2.05) is 12.3 Å². The second-order valence-electron chi connectivity index (χ2n) is 5.18. The molecule has 2 aromatic heterocycles. The second kappa shape index (κ2) is 5.43. The monoisotopic (exact) mass is 278 g/mol. The maximum Gasteiger partial charge on any atom is 0.357 e. The fourth-order valence-corrected chi connectivity index (χ4v) is 3.44. The van der Waals surface area contributed by atoms with Crippen LogP contribution in [0.5, 0.6) is 0 Å². The van der Waals surface area contributed by atoms with Gasteiger partial charge in [-0.2, -0.15) is 0 Å². The Hall–Kier alpha value is -1.20. The fraction of sp³-hybridized carbons (Fsp3) is 0.571. The van der Waals surface area contributed by atoms with Crippen molar-refractivity contribution in [1.29, 1.82) is 0 Å². The van der Waals surface area contributed by atoms with Gasteiger partial charge in [-0.25, -0.2) is 9.78 Å². The maximum atomic E-state index is 11.9. The molecule has 102 valence electrons. The molecule has 0 spiro atoms. The third kappa shape index (κ3) is 2.72. The smallest absolute Gasteiger partial charge is 0.357 e. The Kier molecular flexibility index (Phi) is 3.66. The highest BCUT2D eigenvalue weighted by Crippen LogP contribution is 2.21. The largest absolute Gasteiger partial charge is 0.406 e. The Labute approximate surface area is 116 Å². The van der Waals surface area contributed by atoms with Gasteiger partial charge in [0.05, 0.1) is 12.1 Å². The molecule has 4 nitrogen and oxygen atoms in total. The van der Waals surface area contributed by atoms with Gasteiger partial charge in [-0.05, 0) is 43.8 Å². The second-order valence-corrected chi connectivity index (χ2v) is 6.06. The molecule has 0 bridgehead atoms. The average Bonchev–Trinajstić information content (AvgIpc) is 2.62. The molecule has 1 aliphatic heterocycles. The third-order valence-electron chi connectivity index (χ3n) is 3.63. The summed E-state index contributed by atoms with van der Waals surface area (Å²) in [5.41, 5.74) is 1.63. The topological polar surface area (TPSA) is 46.3 Å². The Morgan fingerprint density at radius 2 is 2.05 bits per heavy atom. The highest BCUT2D eigenvalue weighted by Gasteiger charge is 2.14. The minimum atomic E-state index is -0.243. The van der Waals surface area contributed by atoms with E-state index in [4.69, 9.17) is 4.42 Å². The zero-order valence-electron chi connectivity index (χ0n) is 11.1. The van der Waals surface area contributed by atoms with Gasteiger partial charge < -0.3 is 4.42 Å². The standard InChI is InChI=1S/C14H18N2O2S/c1-10-9-19-13-12(10)15-11(18-14(13)17)8-16-6-4-2-3-5-7-16/h9H,2-8H2,1H3. The first-order valence-electron chi connectivity index (χ1n) is 6.84. The molecule has 0 unspecified atom stereocenters. The van der Waals surface area contributed by atoms with Crippen molar-refractivity contribution in [3.8, 4) is 0 Å². The summed E-state index contributed by atoms with van der Waals surface area (Å²) < 4.78 is 5.99. The van der Waals surface area contributed by atoms with Gasteiger partial charge in [0.2, 0.25) is 5.89 Å². The van der Waals surface area contributed by atoms with E-state index in [2.05, 4.69) is 9.88 Å². The van der Waals surface area contributed by atoms with Gasteiger partial charge in [0.1, 0.15) is 4.70 Å². The molecule has 0 aliphatic carbocycles. The summed E-state index contributed by atoms with van der Waals surface area (Å²) >= 11 is 1.42. The highest BCUT2D eigenvalue weighted by molar-refractivity contribution is 7.17. The number of fused-ring (bicyclic) bond motifs is 1. The van der Waals surface area contributed by atoms with Gasteiger partial charge in [-0.1, -0.05) is 12.8 Å². The molecule has 2 aromatic rings. The zero-order chi connectivity index (χ0) is 13.2. The van der Waals surface area contributed by atoms with Crippen molar-refractivity contribution < 1.29 is 4.42 Å². The molecule has 3 heterocycles. The first-order chi connectivity index (χ1) is 9.24. The molecule has 0 radical (unpaired) electrons. The molecule has 1 saturated heterocycles. The van der Waals surface area contributed by atoms with E-state index in [1.54, 1.807) is 0 Å². The van der Waals surface area contributed by atoms with Crippen molar-refractivity contribution in [1.82, 2.24) is 9.88 Å². The maximum absolute atomic E-state index is 11.9. The SMILES string of the molecule is Cc1csc2c(=O)oc(CN3CCCCCC3)nc12. The van der Waals surface area contributed by atoms with Crippen LogP contribution in [0.3, 0.4) is 0 Å². The molecule has 0 atom stereocenters. The number of thiophene rings is 1. The third-order valence-corrected chi connectivity index (χ3v) is 4.70. The van der Waals surface area contributed by atoms with Gasteiger partial charge in [0.15, 0.2) is 0 Å². The van der Waals surface area contributed by atoms with Crippen molar-refractivity contribution in [2.45, 2.75) is 39.2 Å². The van der Waals surface area contributed by atoms with Gasteiger partial charge >= 0.3 is 5.63 Å². The molecule has 1 fully saturated rings. The molecule has 0 saturated carbocycles. The van der Waals surface area contributed by atoms with E-state index in [1.165, 1.54) is 37.0 Å². The summed E-state index contributed by atoms with van der Waals surface area (Å²) in [6, 6.07) is 0. The van der Waals surface area contributed by atoms with Crippen LogP contribution in [-0.4, -0.2) is 23.0 Å². The Bertz CT molecular complexity index is 624. The molecule has 1 aliphatic rings. The van der Waals surface area contributed by atoms with Crippen molar-refractivity contribution in [3.05, 3.63) is 27.3 Å². The van der Waals surface area contributed by atoms with Crippen LogP contribution in [0.15, 0.2) is 14.6 Å². The minimum Gasteiger partial charge on any atom is -0.406 e. The first kappa shape index (κ1) is 12.8. The lowest BCUT2D eigenvalue weighted by molar-refractivity contribution is 0.241. The van der Waals surface area contributed by atoms with Crippen LogP contribution in [0, 0.1) is 6.92 Å². The van der Waals surface area contributed by atoms with Gasteiger partial charge in [-0.15, -0.1) is 11.3 Å². The molecular weight excluding hydrogens is 260 g/mol. The van der Waals surface area contributed by atoms with E-state index in [9.17, 15) is 4.79 Å². The van der Waals surface area contributed by atoms with Crippen LogP contribution in [0.25, 0.3) is 10.2 Å². The van der Waals surface area contributed by atoms with Crippen LogP contribution in [0.1, 0.15) is 37.1 Å². The Balaban J connectivity index is 1.88. The Morgan fingerprint density at radius 3 is 2.79 bits per heavy atom. The van der Waals surface area contributed by atoms with E-state index in [0.29, 0.717) is 17.1 Å². The summed E-state index contributed by atoms with van der Waals surface area (Å²) in [5, 5.41) is 1.96. The molecule has 0 amide bonds. The van der Waals surface area contributed by atoms with Gasteiger partial charge in [0.25, 0.3) is 0 Å². The minimum absolute atomic E-state index is 0.243. The van der Waals surface area contributed by atoms with E-state index in [-0.39, 0.29) is 5.63 Å². The zero-order valence-corrected chi connectivity index (χ0v) is 12.0. The number of rotatable bonds is 2. The first-order valence-corrected chi connectivity index (χ1v) is 7.72. The van der Waals surface area contributed by atoms with Gasteiger partial charge in [-0.3, -0.25) is 4.90 Å². The predicted molar refractivity (Wildman–Crippen MR) is 76.6 cm³/mol. The lowest BCUT2D eigenvalue weighted by Gasteiger charge is -2.17. The number of hydrogen-bond acceptors (Lipinski definition) is 5. The molecule has 19 heavy (non-hydrogen) atoms. The van der Waals surface area contributed by atoms with Crippen molar-refractivity contribution in [2.24, 2.45) is 0 Å². The van der Waals surface area contributed by atoms with E-state index >= 15 is 0 Å². The van der Waals surface area contributed by atoms with Crippen LogP contribution < -0.4 is 5.63 Å². The number of likely N-dealkylation sites (tertiary alicyclic amines) is 1. The Morgan fingerprint density at radius 1 is 1.32 bits per heavy atom. The molecule has 5 heteroatoms. The molecular formula is C14H18N2O2S. The van der Waals surface area contributed by atoms with Crippen LogP contribution in [0.4, 0.5) is 0 Å². The normalized spacial score (nSPS) is 17.7. The van der Waals surface area contributed by atoms with Crippen LogP contribution in [-0.2, 0) is 6.54 Å². The summed E-state index contributed by atoms with van der Waals surface area (Å²) in [7, 11) is 0. The predicted octanol–water partition coefficient (Wildman–Crippen LogP) is 2.93. The van der Waals surface area contributed by atoms with E-state index < -0.39 is 0 Å². The van der Waals surface area contributed by atoms with E-state index in [0.717, 1.165) is 24.2 Å². The number of aromatic nitrogens is 1. The number of aryl methyl sites for hydroxylation is 1.